The van der Waals surface area contributed by atoms with Crippen LogP contribution in [0.5, 0.6) is 5.75 Å². The Hall–Kier alpha value is -2.31. The molecule has 3 aromatic rings. The van der Waals surface area contributed by atoms with E-state index >= 15 is 0 Å². The number of thiazole rings is 1. The summed E-state index contributed by atoms with van der Waals surface area (Å²) in [6, 6.07) is 13.8. The molecule has 0 N–H and O–H groups in total. The van der Waals surface area contributed by atoms with Crippen molar-refractivity contribution in [1.82, 2.24) is 4.57 Å². The molecule has 0 unspecified atom stereocenters. The molecule has 0 aliphatic rings. The summed E-state index contributed by atoms with van der Waals surface area (Å²) in [5, 5.41) is 0. The first-order valence-corrected chi connectivity index (χ1v) is 10.2. The van der Waals surface area contributed by atoms with E-state index in [9.17, 15) is 4.79 Å². The number of thioether (sulfide) groups is 1. The minimum Gasteiger partial charge on any atom is -0.497 e. The number of methoxy groups -OCH3 is 1. The van der Waals surface area contributed by atoms with Crippen molar-refractivity contribution in [1.29, 1.82) is 0 Å². The number of amides is 1. The lowest BCUT2D eigenvalue weighted by atomic mass is 10.1. The van der Waals surface area contributed by atoms with Gasteiger partial charge >= 0.3 is 0 Å². The third-order valence-electron chi connectivity index (χ3n) is 3.94. The van der Waals surface area contributed by atoms with Gasteiger partial charge in [-0.1, -0.05) is 29.5 Å². The van der Waals surface area contributed by atoms with E-state index < -0.39 is 0 Å². The summed E-state index contributed by atoms with van der Waals surface area (Å²) in [5.41, 5.74) is 1.99. The Bertz CT molecular complexity index is 1000. The van der Waals surface area contributed by atoms with E-state index in [0.29, 0.717) is 11.3 Å². The predicted molar refractivity (Wildman–Crippen MR) is 109 cm³/mol. The fraction of sp³-hybridized carbons (Fsp3) is 0.200. The summed E-state index contributed by atoms with van der Waals surface area (Å²) in [4.78, 5) is 18.7. The van der Waals surface area contributed by atoms with Gasteiger partial charge in [-0.3, -0.25) is 4.79 Å². The molecule has 0 spiro atoms. The molecule has 0 saturated heterocycles. The van der Waals surface area contributed by atoms with Gasteiger partial charge in [0, 0.05) is 11.4 Å². The molecule has 1 aromatic heterocycles. The lowest BCUT2D eigenvalue weighted by Crippen LogP contribution is -2.16. The van der Waals surface area contributed by atoms with Crippen LogP contribution in [-0.2, 0) is 17.8 Å². The van der Waals surface area contributed by atoms with E-state index in [1.807, 2.05) is 34.9 Å². The highest BCUT2D eigenvalue weighted by molar-refractivity contribution is 7.98. The summed E-state index contributed by atoms with van der Waals surface area (Å²) in [7, 11) is 1.62. The van der Waals surface area contributed by atoms with Crippen molar-refractivity contribution in [3.05, 3.63) is 65.5 Å². The van der Waals surface area contributed by atoms with E-state index in [-0.39, 0.29) is 12.3 Å². The number of hydrogen-bond donors (Lipinski definition) is 0. The zero-order valence-electron chi connectivity index (χ0n) is 14.8. The summed E-state index contributed by atoms with van der Waals surface area (Å²) < 4.78 is 8.29. The Kier molecular flexibility index (Phi) is 5.96. The third-order valence-corrected chi connectivity index (χ3v) is 5.70. The normalized spacial score (nSPS) is 11.7. The maximum Gasteiger partial charge on any atom is 0.252 e. The van der Waals surface area contributed by atoms with Gasteiger partial charge in [0.25, 0.3) is 5.91 Å². The molecule has 0 radical (unpaired) electrons. The monoisotopic (exact) mass is 384 g/mol. The number of carbonyl (C=O) groups is 1. The van der Waals surface area contributed by atoms with Gasteiger partial charge in [-0.2, -0.15) is 4.99 Å². The molecule has 0 fully saturated rings. The van der Waals surface area contributed by atoms with Gasteiger partial charge in [0.2, 0.25) is 0 Å². The number of aromatic nitrogens is 1. The van der Waals surface area contributed by atoms with Crippen molar-refractivity contribution < 1.29 is 9.53 Å². The first kappa shape index (κ1) is 18.5. The molecule has 0 atom stereocenters. The van der Waals surface area contributed by atoms with Crippen molar-refractivity contribution in [2.24, 2.45) is 4.99 Å². The van der Waals surface area contributed by atoms with Gasteiger partial charge in [-0.25, -0.2) is 0 Å². The van der Waals surface area contributed by atoms with Gasteiger partial charge in [0.15, 0.2) is 4.80 Å². The average Bonchev–Trinajstić information content (AvgIpc) is 2.98. The molecule has 0 saturated carbocycles. The van der Waals surface area contributed by atoms with Gasteiger partial charge in [0.1, 0.15) is 5.75 Å². The molecular weight excluding hydrogens is 364 g/mol. The second kappa shape index (κ2) is 8.38. The molecule has 2 aromatic carbocycles. The van der Waals surface area contributed by atoms with E-state index in [4.69, 9.17) is 4.74 Å². The van der Waals surface area contributed by atoms with Crippen molar-refractivity contribution in [3.63, 3.8) is 0 Å². The smallest absolute Gasteiger partial charge is 0.252 e. The van der Waals surface area contributed by atoms with Crippen LogP contribution >= 0.6 is 23.1 Å². The van der Waals surface area contributed by atoms with E-state index in [2.05, 4.69) is 36.0 Å². The van der Waals surface area contributed by atoms with Crippen LogP contribution in [-0.4, -0.2) is 23.8 Å². The van der Waals surface area contributed by atoms with Crippen LogP contribution in [0.15, 0.2) is 65.0 Å². The Morgan fingerprint density at radius 1 is 1.31 bits per heavy atom. The second-order valence-corrected chi connectivity index (χ2v) is 7.54. The van der Waals surface area contributed by atoms with Crippen molar-refractivity contribution >= 4 is 39.2 Å². The molecule has 26 heavy (non-hydrogen) atoms. The molecule has 1 amide bonds. The van der Waals surface area contributed by atoms with E-state index in [1.165, 1.54) is 16.2 Å². The standard InChI is InChI=1S/C20H20N2O2S2/c1-4-11-22-17-10-9-16(25-3)13-18(17)26-20(22)21-19(23)12-14-5-7-15(24-2)8-6-14/h4-10,13H,1,11-12H2,2-3H3. The van der Waals surface area contributed by atoms with Gasteiger partial charge in [-0.15, -0.1) is 18.3 Å². The van der Waals surface area contributed by atoms with Crippen LogP contribution in [0.3, 0.4) is 0 Å². The lowest BCUT2D eigenvalue weighted by Gasteiger charge is -2.02. The van der Waals surface area contributed by atoms with Crippen molar-refractivity contribution in [2.75, 3.05) is 13.4 Å². The molecule has 0 bridgehead atoms. The zero-order valence-corrected chi connectivity index (χ0v) is 16.4. The number of hydrogen-bond acceptors (Lipinski definition) is 4. The number of ether oxygens (including phenoxy) is 1. The molecule has 134 valence electrons. The van der Waals surface area contributed by atoms with Crippen molar-refractivity contribution in [3.8, 4) is 5.75 Å². The Morgan fingerprint density at radius 2 is 2.08 bits per heavy atom. The molecule has 0 aliphatic carbocycles. The number of nitrogens with zero attached hydrogens (tertiary/aromatic N) is 2. The minimum atomic E-state index is -0.162. The van der Waals surface area contributed by atoms with Crippen LogP contribution in [0, 0.1) is 0 Å². The fourth-order valence-corrected chi connectivity index (χ4v) is 4.25. The quantitative estimate of drug-likeness (QED) is 0.470. The highest BCUT2D eigenvalue weighted by Crippen LogP contribution is 2.24. The van der Waals surface area contributed by atoms with Gasteiger partial charge < -0.3 is 9.30 Å². The number of benzene rings is 2. The summed E-state index contributed by atoms with van der Waals surface area (Å²) >= 11 is 3.23. The predicted octanol–water partition coefficient (Wildman–Crippen LogP) is 4.29. The van der Waals surface area contributed by atoms with Gasteiger partial charge in [0.05, 0.1) is 23.7 Å². The van der Waals surface area contributed by atoms with Crippen LogP contribution in [0.25, 0.3) is 10.2 Å². The summed E-state index contributed by atoms with van der Waals surface area (Å²) in [6.07, 6.45) is 4.14. The first-order valence-electron chi connectivity index (χ1n) is 8.13. The van der Waals surface area contributed by atoms with Crippen LogP contribution in [0.2, 0.25) is 0 Å². The molecule has 0 aliphatic heterocycles. The average molecular weight is 385 g/mol. The van der Waals surface area contributed by atoms with Crippen LogP contribution in [0.1, 0.15) is 5.56 Å². The molecule has 3 rings (SSSR count). The third kappa shape index (κ3) is 4.08. The van der Waals surface area contributed by atoms with E-state index in [0.717, 1.165) is 21.5 Å². The number of allylic oxidation sites excluding steroid dienone is 1. The zero-order chi connectivity index (χ0) is 18.5. The maximum atomic E-state index is 12.5. The molecular formula is C20H20N2O2S2. The molecule has 4 nitrogen and oxygen atoms in total. The van der Waals surface area contributed by atoms with Gasteiger partial charge in [-0.05, 0) is 42.2 Å². The summed E-state index contributed by atoms with van der Waals surface area (Å²) in [5.74, 6) is 0.612. The minimum absolute atomic E-state index is 0.162. The fourth-order valence-electron chi connectivity index (χ4n) is 2.64. The van der Waals surface area contributed by atoms with Crippen LogP contribution < -0.4 is 9.54 Å². The number of rotatable bonds is 6. The van der Waals surface area contributed by atoms with Crippen LogP contribution in [0.4, 0.5) is 0 Å². The van der Waals surface area contributed by atoms with E-state index in [1.54, 1.807) is 18.9 Å². The lowest BCUT2D eigenvalue weighted by molar-refractivity contribution is -0.117. The first-order chi connectivity index (χ1) is 12.6. The highest BCUT2D eigenvalue weighted by atomic mass is 32.2. The second-order valence-electron chi connectivity index (χ2n) is 5.65. The summed E-state index contributed by atoms with van der Waals surface area (Å²) in [6.45, 7) is 4.44. The topological polar surface area (TPSA) is 43.6 Å². The van der Waals surface area contributed by atoms with Crippen molar-refractivity contribution in [2.45, 2.75) is 17.9 Å². The number of carbonyl (C=O) groups excluding carboxylic acids is 1. The Balaban J connectivity index is 1.94. The Morgan fingerprint density at radius 3 is 2.73 bits per heavy atom. The largest absolute Gasteiger partial charge is 0.497 e. The molecule has 6 heteroatoms. The SMILES string of the molecule is C=CCn1c(=NC(=O)Cc2ccc(OC)cc2)sc2cc(SC)ccc21. The molecule has 1 heterocycles. The Labute approximate surface area is 160 Å². The number of fused-ring (bicyclic) bond motifs is 1. The maximum absolute atomic E-state index is 12.5. The highest BCUT2D eigenvalue weighted by Gasteiger charge is 2.09.